The number of carbonyl (C=O) groups excluding carboxylic acids is 1. The van der Waals surface area contributed by atoms with Crippen molar-refractivity contribution in [3.8, 4) is 16.9 Å². The number of anilines is 1. The summed E-state index contributed by atoms with van der Waals surface area (Å²) in [5, 5.41) is 11.7. The molecule has 1 saturated heterocycles. The summed E-state index contributed by atoms with van der Waals surface area (Å²) in [7, 11) is 0. The Hall–Kier alpha value is -2.44. The van der Waals surface area contributed by atoms with Gasteiger partial charge in [0.1, 0.15) is 11.4 Å². The van der Waals surface area contributed by atoms with E-state index in [1.54, 1.807) is 30.6 Å². The van der Waals surface area contributed by atoms with Gasteiger partial charge < -0.3 is 23.9 Å². The predicted octanol–water partition coefficient (Wildman–Crippen LogP) is 0.571. The Bertz CT molecular complexity index is 1540. The van der Waals surface area contributed by atoms with Gasteiger partial charge in [0.15, 0.2) is 0 Å². The SMILES string of the molecule is Cc1cc2nc(C)c(Cc3ccccc3OC(F)F)n2cc1-c1cnc(N2CCC3CC3(C(=O)[O-])C2)nc1.[K+]. The first kappa shape index (κ1) is 28.1. The van der Waals surface area contributed by atoms with Crippen molar-refractivity contribution in [2.24, 2.45) is 11.3 Å². The molecule has 3 aromatic heterocycles. The number of carbonyl (C=O) groups is 1. The summed E-state index contributed by atoms with van der Waals surface area (Å²) in [6.45, 7) is 2.07. The van der Waals surface area contributed by atoms with Crippen LogP contribution >= 0.6 is 0 Å². The topological polar surface area (TPSA) is 95.7 Å². The molecular formula is C28H26F2KN5O3. The molecule has 2 atom stereocenters. The third-order valence-corrected chi connectivity index (χ3v) is 7.90. The second kappa shape index (κ2) is 10.9. The molecule has 6 rings (SSSR count). The summed E-state index contributed by atoms with van der Waals surface area (Å²) in [5.74, 6) is -0.140. The molecule has 0 bridgehead atoms. The molecule has 4 aromatic rings. The van der Waals surface area contributed by atoms with E-state index < -0.39 is 18.0 Å². The molecule has 2 fully saturated rings. The molecule has 39 heavy (non-hydrogen) atoms. The van der Waals surface area contributed by atoms with E-state index in [-0.39, 0.29) is 63.1 Å². The number of carboxylic acid groups (broad SMARTS) is 1. The number of ether oxygens (including phenoxy) is 1. The normalized spacial score (nSPS) is 20.0. The molecule has 196 valence electrons. The maximum atomic E-state index is 12.9. The van der Waals surface area contributed by atoms with Gasteiger partial charge in [-0.2, -0.15) is 8.78 Å². The van der Waals surface area contributed by atoms with Crippen LogP contribution in [0.25, 0.3) is 16.8 Å². The largest absolute Gasteiger partial charge is 1.00 e. The van der Waals surface area contributed by atoms with Crippen molar-refractivity contribution in [3.05, 3.63) is 71.4 Å². The fourth-order valence-corrected chi connectivity index (χ4v) is 5.70. The molecule has 1 aromatic carbocycles. The number of benzene rings is 1. The van der Waals surface area contributed by atoms with Gasteiger partial charge in [-0.15, -0.1) is 0 Å². The zero-order valence-electron chi connectivity index (χ0n) is 22.0. The molecular weight excluding hydrogens is 531 g/mol. The van der Waals surface area contributed by atoms with Crippen LogP contribution in [0.1, 0.15) is 35.4 Å². The van der Waals surface area contributed by atoms with Crippen molar-refractivity contribution in [1.29, 1.82) is 0 Å². The third kappa shape index (κ3) is 5.22. The number of aromatic nitrogens is 4. The van der Waals surface area contributed by atoms with Gasteiger partial charge in [0.25, 0.3) is 0 Å². The first-order valence-electron chi connectivity index (χ1n) is 12.5. The summed E-state index contributed by atoms with van der Waals surface area (Å²) in [4.78, 5) is 27.4. The molecule has 1 aliphatic carbocycles. The molecule has 0 N–H and O–H groups in total. The van der Waals surface area contributed by atoms with Crippen molar-refractivity contribution in [2.45, 2.75) is 39.7 Å². The Morgan fingerprint density at radius 2 is 1.97 bits per heavy atom. The molecule has 8 nitrogen and oxygen atoms in total. The summed E-state index contributed by atoms with van der Waals surface area (Å²) in [5.41, 5.74) is 4.99. The van der Waals surface area contributed by atoms with Crippen molar-refractivity contribution >= 4 is 17.6 Å². The van der Waals surface area contributed by atoms with E-state index in [9.17, 15) is 18.7 Å². The zero-order valence-corrected chi connectivity index (χ0v) is 25.1. The Balaban J connectivity index is 0.00000308. The van der Waals surface area contributed by atoms with Gasteiger partial charge in [0.2, 0.25) is 5.95 Å². The second-order valence-corrected chi connectivity index (χ2v) is 10.2. The average molecular weight is 558 g/mol. The monoisotopic (exact) mass is 557 g/mol. The van der Waals surface area contributed by atoms with Gasteiger partial charge in [-0.3, -0.25) is 0 Å². The van der Waals surface area contributed by atoms with Crippen LogP contribution in [0.4, 0.5) is 14.7 Å². The summed E-state index contributed by atoms with van der Waals surface area (Å²) in [6.07, 6.45) is 7.28. The van der Waals surface area contributed by atoms with Crippen LogP contribution in [-0.2, 0) is 11.2 Å². The van der Waals surface area contributed by atoms with E-state index in [2.05, 4.69) is 15.0 Å². The van der Waals surface area contributed by atoms with Crippen LogP contribution in [0.5, 0.6) is 5.75 Å². The Labute approximate surface area is 266 Å². The number of aliphatic carboxylic acids is 1. The van der Waals surface area contributed by atoms with Crippen molar-refractivity contribution in [3.63, 3.8) is 0 Å². The number of halogens is 2. The Morgan fingerprint density at radius 1 is 1.23 bits per heavy atom. The van der Waals surface area contributed by atoms with Gasteiger partial charge >= 0.3 is 58.0 Å². The number of hydrogen-bond donors (Lipinski definition) is 0. The van der Waals surface area contributed by atoms with Crippen LogP contribution in [0.3, 0.4) is 0 Å². The zero-order chi connectivity index (χ0) is 26.6. The van der Waals surface area contributed by atoms with Gasteiger partial charge in [0.05, 0.1) is 5.69 Å². The van der Waals surface area contributed by atoms with E-state index in [1.165, 1.54) is 6.07 Å². The van der Waals surface area contributed by atoms with E-state index in [0.717, 1.165) is 46.7 Å². The average Bonchev–Trinajstić information content (AvgIpc) is 3.57. The number of hydrogen-bond acceptors (Lipinski definition) is 7. The molecule has 4 heterocycles. The second-order valence-electron chi connectivity index (χ2n) is 10.2. The van der Waals surface area contributed by atoms with Crippen LogP contribution in [0.15, 0.2) is 48.9 Å². The number of piperidine rings is 1. The first-order valence-corrected chi connectivity index (χ1v) is 12.5. The summed E-state index contributed by atoms with van der Waals surface area (Å²) < 4.78 is 32.6. The van der Waals surface area contributed by atoms with E-state index >= 15 is 0 Å². The van der Waals surface area contributed by atoms with Gasteiger partial charge in [-0.25, -0.2) is 15.0 Å². The fourth-order valence-electron chi connectivity index (χ4n) is 5.70. The third-order valence-electron chi connectivity index (χ3n) is 7.90. The number of alkyl halides is 2. The summed E-state index contributed by atoms with van der Waals surface area (Å²) in [6, 6.07) is 8.74. The standard InChI is InChI=1S/C28H27F2N5O3.K/c1-16-9-24-33-17(2)22(10-18-5-3-4-6-23(18)38-26(29)30)35(24)14-21(16)19-12-31-27(32-13-19)34-8-7-20-11-28(20,15-34)25(36)37;/h3-6,9,12-14,20,26H,7-8,10-11,15H2,1-2H3,(H,36,37);/q;+1/p-1. The minimum Gasteiger partial charge on any atom is -0.549 e. The Morgan fingerprint density at radius 3 is 2.69 bits per heavy atom. The van der Waals surface area contributed by atoms with Crippen LogP contribution in [0, 0.1) is 25.2 Å². The number of imidazole rings is 1. The smallest absolute Gasteiger partial charge is 0.549 e. The predicted molar refractivity (Wildman–Crippen MR) is 134 cm³/mol. The van der Waals surface area contributed by atoms with E-state index in [4.69, 9.17) is 4.74 Å². The maximum absolute atomic E-state index is 12.9. The summed E-state index contributed by atoms with van der Waals surface area (Å²) >= 11 is 0. The number of nitrogens with zero attached hydrogens (tertiary/aromatic N) is 5. The minimum absolute atomic E-state index is 0. The van der Waals surface area contributed by atoms with Crippen LogP contribution < -0.4 is 66.1 Å². The number of para-hydroxylation sites is 1. The Kier molecular flexibility index (Phi) is 7.82. The minimum atomic E-state index is -2.90. The molecule has 0 radical (unpaired) electrons. The molecule has 1 aliphatic heterocycles. The van der Waals surface area contributed by atoms with E-state index in [1.807, 2.05) is 35.4 Å². The molecule has 2 unspecified atom stereocenters. The molecule has 0 amide bonds. The number of carboxylic acids is 1. The number of pyridine rings is 1. The van der Waals surface area contributed by atoms with Gasteiger partial charge in [0, 0.05) is 71.9 Å². The number of rotatable bonds is 7. The van der Waals surface area contributed by atoms with Crippen molar-refractivity contribution in [2.75, 3.05) is 18.0 Å². The number of fused-ring (bicyclic) bond motifs is 2. The molecule has 2 aliphatic rings. The fraction of sp³-hybridized carbons (Fsp3) is 0.357. The number of aryl methyl sites for hydroxylation is 2. The quantitative estimate of drug-likeness (QED) is 0.307. The molecule has 1 saturated carbocycles. The van der Waals surface area contributed by atoms with E-state index in [0.29, 0.717) is 30.9 Å². The maximum Gasteiger partial charge on any atom is 1.00 e. The van der Waals surface area contributed by atoms with Gasteiger partial charge in [-0.1, -0.05) is 18.2 Å². The molecule has 11 heteroatoms. The van der Waals surface area contributed by atoms with Crippen molar-refractivity contribution in [1.82, 2.24) is 19.4 Å². The van der Waals surface area contributed by atoms with Crippen molar-refractivity contribution < 1.29 is 74.8 Å². The molecule has 0 spiro atoms. The van der Waals surface area contributed by atoms with Gasteiger partial charge in [-0.05, 0) is 50.3 Å². The van der Waals surface area contributed by atoms with Crippen LogP contribution in [-0.4, -0.2) is 45.0 Å². The van der Waals surface area contributed by atoms with Crippen LogP contribution in [0.2, 0.25) is 0 Å². The first-order chi connectivity index (χ1) is 18.2.